The number of phosphoric acid groups is 1. The first kappa shape index (κ1) is 67.1. The second kappa shape index (κ2) is 52.4. The molecular weight excluding hydrogens is 928 g/mol. The van der Waals surface area contributed by atoms with Gasteiger partial charge >= 0.3 is 25.7 Å². The number of hydrogen-bond acceptors (Lipinski definition) is 10. The lowest BCUT2D eigenvalue weighted by atomic mass is 10.1. The summed E-state index contributed by atoms with van der Waals surface area (Å²) < 4.78 is 39.2. The largest absolute Gasteiger partial charge is 0.472 e. The van der Waals surface area contributed by atoms with E-state index in [2.05, 4.69) is 148 Å². The van der Waals surface area contributed by atoms with Crippen LogP contribution in [0, 0.1) is 0 Å². The summed E-state index contributed by atoms with van der Waals surface area (Å²) in [6.45, 7) is 4.04. The molecule has 0 spiro atoms. The third-order valence-corrected chi connectivity index (χ3v) is 10.9. The zero-order chi connectivity index (χ0) is 52.7. The molecule has 0 aromatic rings. The zero-order valence-electron chi connectivity index (χ0n) is 44.1. The van der Waals surface area contributed by atoms with Crippen molar-refractivity contribution >= 4 is 25.7 Å². The molecule has 0 amide bonds. The Hall–Kier alpha value is -4.90. The number of aliphatic hydroxyl groups is 1. The van der Waals surface area contributed by atoms with Gasteiger partial charge in [0.2, 0.25) is 0 Å². The van der Waals surface area contributed by atoms with Gasteiger partial charge in [0.25, 0.3) is 0 Å². The SMILES string of the molecule is CC/C=C\C/C=C\C/C=C\C/C=C\C/C=C\C/C=C\CCC(=O)OCC(COP(=O)(O)OCC(CO)OC(=O)CCCCC/C=C\C/C=C\C/C=C\CC)OC(=O)CC/C=C\C/C=C\C/C=C\C/C=C\CC. The molecule has 0 saturated carbocycles. The van der Waals surface area contributed by atoms with Gasteiger partial charge < -0.3 is 24.2 Å². The average molecular weight is 1020 g/mol. The van der Waals surface area contributed by atoms with Crippen molar-refractivity contribution < 1.29 is 52.2 Å². The van der Waals surface area contributed by atoms with Gasteiger partial charge in [0.05, 0.1) is 19.8 Å². The second-order valence-electron chi connectivity index (χ2n) is 16.5. The molecule has 2 N–H and O–H groups in total. The van der Waals surface area contributed by atoms with Crippen LogP contribution in [0.25, 0.3) is 0 Å². The predicted molar refractivity (Wildman–Crippen MR) is 297 cm³/mol. The van der Waals surface area contributed by atoms with Gasteiger partial charge in [-0.3, -0.25) is 23.4 Å². The minimum Gasteiger partial charge on any atom is -0.462 e. The molecule has 0 aromatic heterocycles. The lowest BCUT2D eigenvalue weighted by Crippen LogP contribution is -2.30. The molecule has 0 radical (unpaired) electrons. The highest BCUT2D eigenvalue weighted by Gasteiger charge is 2.28. The van der Waals surface area contributed by atoms with Crippen LogP contribution >= 0.6 is 7.82 Å². The number of phosphoric ester groups is 1. The maximum atomic E-state index is 12.9. The summed E-state index contributed by atoms with van der Waals surface area (Å²) in [5.41, 5.74) is 0. The van der Waals surface area contributed by atoms with Gasteiger partial charge in [0.15, 0.2) is 6.10 Å². The minimum atomic E-state index is -4.80. The molecule has 402 valence electrons. The van der Waals surface area contributed by atoms with Crippen molar-refractivity contribution in [2.24, 2.45) is 0 Å². The molecule has 0 aliphatic heterocycles. The number of hydrogen-bond donors (Lipinski definition) is 2. The van der Waals surface area contributed by atoms with E-state index < -0.39 is 64.4 Å². The Bertz CT molecular complexity index is 1810. The van der Waals surface area contributed by atoms with E-state index in [1.807, 2.05) is 30.4 Å². The van der Waals surface area contributed by atoms with E-state index >= 15 is 0 Å². The molecule has 72 heavy (non-hydrogen) atoms. The first-order valence-corrected chi connectivity index (χ1v) is 27.9. The van der Waals surface area contributed by atoms with Crippen LogP contribution in [0.5, 0.6) is 0 Å². The summed E-state index contributed by atoms with van der Waals surface area (Å²) in [7, 11) is -4.80. The number of unbranched alkanes of at least 4 members (excludes halogenated alkanes) is 3. The molecule has 3 atom stereocenters. The summed E-state index contributed by atoms with van der Waals surface area (Å²) in [6, 6.07) is 0. The third-order valence-electron chi connectivity index (χ3n) is 9.95. The van der Waals surface area contributed by atoms with E-state index in [9.17, 15) is 28.9 Å². The number of ether oxygens (including phenoxy) is 3. The van der Waals surface area contributed by atoms with Crippen LogP contribution < -0.4 is 0 Å². The Morgan fingerprint density at radius 3 is 1.10 bits per heavy atom. The Morgan fingerprint density at radius 2 is 0.708 bits per heavy atom. The van der Waals surface area contributed by atoms with Gasteiger partial charge in [-0.2, -0.15) is 0 Å². The van der Waals surface area contributed by atoms with E-state index in [-0.39, 0.29) is 19.3 Å². The van der Waals surface area contributed by atoms with Crippen LogP contribution in [0.2, 0.25) is 0 Å². The monoisotopic (exact) mass is 1020 g/mol. The highest BCUT2D eigenvalue weighted by atomic mass is 31.2. The lowest BCUT2D eigenvalue weighted by Gasteiger charge is -2.21. The maximum Gasteiger partial charge on any atom is 0.472 e. The number of rotatable bonds is 46. The van der Waals surface area contributed by atoms with Crippen LogP contribution in [0.4, 0.5) is 0 Å². The topological polar surface area (TPSA) is 155 Å². The molecule has 0 aromatic carbocycles. The second-order valence-corrected chi connectivity index (χ2v) is 18.0. The molecule has 0 fully saturated rings. The first-order chi connectivity index (χ1) is 35.2. The fourth-order valence-electron chi connectivity index (χ4n) is 6.05. The van der Waals surface area contributed by atoms with Crippen molar-refractivity contribution in [2.45, 2.75) is 174 Å². The molecule has 3 unspecified atom stereocenters. The summed E-state index contributed by atoms with van der Waals surface area (Å²) in [6.07, 6.45) is 68.2. The molecule has 0 bridgehead atoms. The number of esters is 3. The zero-order valence-corrected chi connectivity index (χ0v) is 45.0. The summed E-state index contributed by atoms with van der Waals surface area (Å²) >= 11 is 0. The maximum absolute atomic E-state index is 12.9. The lowest BCUT2D eigenvalue weighted by molar-refractivity contribution is -0.161. The fourth-order valence-corrected chi connectivity index (χ4v) is 6.84. The van der Waals surface area contributed by atoms with Crippen molar-refractivity contribution in [1.29, 1.82) is 0 Å². The van der Waals surface area contributed by atoms with Gasteiger partial charge in [-0.1, -0.05) is 185 Å². The number of carbonyl (C=O) groups excluding carboxylic acids is 3. The number of aliphatic hydroxyl groups excluding tert-OH is 1. The van der Waals surface area contributed by atoms with Crippen molar-refractivity contribution in [2.75, 3.05) is 26.4 Å². The summed E-state index contributed by atoms with van der Waals surface area (Å²) in [4.78, 5) is 48.3. The highest BCUT2D eigenvalue weighted by molar-refractivity contribution is 7.47. The van der Waals surface area contributed by atoms with Gasteiger partial charge in [-0.15, -0.1) is 0 Å². The normalized spacial score (nSPS) is 14.7. The van der Waals surface area contributed by atoms with Crippen LogP contribution in [-0.4, -0.2) is 66.5 Å². The van der Waals surface area contributed by atoms with Gasteiger partial charge in [-0.05, 0) is 116 Å². The van der Waals surface area contributed by atoms with Crippen LogP contribution in [0.1, 0.15) is 162 Å². The van der Waals surface area contributed by atoms with Crippen LogP contribution in [0.3, 0.4) is 0 Å². The van der Waals surface area contributed by atoms with Crippen molar-refractivity contribution in [1.82, 2.24) is 0 Å². The van der Waals surface area contributed by atoms with Crippen LogP contribution in [0.15, 0.2) is 158 Å². The molecule has 0 rings (SSSR count). The Kier molecular flexibility index (Phi) is 48.9. The predicted octanol–water partition coefficient (Wildman–Crippen LogP) is 15.4. The molecular formula is C60H91O11P. The number of carbonyl (C=O) groups is 3. The van der Waals surface area contributed by atoms with E-state index in [1.165, 1.54) is 0 Å². The van der Waals surface area contributed by atoms with Crippen LogP contribution in [-0.2, 0) is 42.2 Å². The van der Waals surface area contributed by atoms with E-state index in [4.69, 9.17) is 23.3 Å². The minimum absolute atomic E-state index is 0.0185. The van der Waals surface area contributed by atoms with E-state index in [1.54, 1.807) is 0 Å². The highest BCUT2D eigenvalue weighted by Crippen LogP contribution is 2.43. The third kappa shape index (κ3) is 50.1. The fraction of sp³-hybridized carbons (Fsp3) is 0.517. The van der Waals surface area contributed by atoms with E-state index in [0.29, 0.717) is 25.7 Å². The smallest absolute Gasteiger partial charge is 0.462 e. The molecule has 11 nitrogen and oxygen atoms in total. The van der Waals surface area contributed by atoms with E-state index in [0.717, 1.165) is 96.3 Å². The molecule has 0 aliphatic rings. The Morgan fingerprint density at radius 1 is 0.389 bits per heavy atom. The number of allylic oxidation sites excluding steroid dienone is 26. The van der Waals surface area contributed by atoms with Crippen molar-refractivity contribution in [3.8, 4) is 0 Å². The summed E-state index contributed by atoms with van der Waals surface area (Å²) in [5.74, 6) is -1.72. The first-order valence-electron chi connectivity index (χ1n) is 26.4. The molecule has 0 aliphatic carbocycles. The average Bonchev–Trinajstić information content (AvgIpc) is 3.37. The molecule has 0 saturated heterocycles. The summed E-state index contributed by atoms with van der Waals surface area (Å²) in [5, 5.41) is 9.77. The standard InChI is InChI=1S/C60H91O11P/c1-4-7-10-13-16-19-22-25-26-27-28-29-30-33-34-37-40-43-46-49-58(62)67-53-57(71-60(64)51-48-45-42-39-36-32-24-21-18-15-12-9-6-3)55-69-72(65,66)68-54-56(52-61)70-59(63)50-47-44-41-38-35-31-23-20-17-14-11-8-5-2/h7-12,16-21,25-26,28-29,31-36,40,42-43,45,56-57,61H,4-6,13-15,22-24,27,30,37-39,41,44,46-55H2,1-3H3,(H,65,66)/b10-7-,11-8-,12-9-,19-16-,20-17-,21-18-,26-25-,29-28-,34-33-,35-31-,36-32-,43-40-,45-42-. The quantitative estimate of drug-likeness (QED) is 0.0197. The van der Waals surface area contributed by atoms with Gasteiger partial charge in [0.1, 0.15) is 12.7 Å². The van der Waals surface area contributed by atoms with Crippen molar-refractivity contribution in [3.05, 3.63) is 158 Å². The Labute approximate surface area is 434 Å². The van der Waals surface area contributed by atoms with Gasteiger partial charge in [0, 0.05) is 19.3 Å². The van der Waals surface area contributed by atoms with Gasteiger partial charge in [-0.25, -0.2) is 4.57 Å². The molecule has 0 heterocycles. The van der Waals surface area contributed by atoms with Crippen molar-refractivity contribution in [3.63, 3.8) is 0 Å². The Balaban J connectivity index is 4.96. The molecule has 12 heteroatoms.